The van der Waals surface area contributed by atoms with Gasteiger partial charge in [-0.1, -0.05) is 46.6 Å². The van der Waals surface area contributed by atoms with Gasteiger partial charge in [0, 0.05) is 0 Å². The summed E-state index contributed by atoms with van der Waals surface area (Å²) in [5.74, 6) is 0. The molecule has 1 atom stereocenters. The first-order chi connectivity index (χ1) is 5.73. The van der Waals surface area contributed by atoms with E-state index in [9.17, 15) is 0 Å². The molecular weight excluding hydrogens is 156 g/mol. The Balaban J connectivity index is 4.62. The van der Waals surface area contributed by atoms with Crippen LogP contribution in [0, 0.1) is 10.8 Å². The van der Waals surface area contributed by atoms with Gasteiger partial charge < -0.3 is 0 Å². The highest BCUT2D eigenvalue weighted by Gasteiger charge is 2.35. The Morgan fingerprint density at radius 2 is 1.62 bits per heavy atom. The van der Waals surface area contributed by atoms with E-state index in [1.54, 1.807) is 0 Å². The van der Waals surface area contributed by atoms with Gasteiger partial charge in [-0.05, 0) is 30.6 Å². The van der Waals surface area contributed by atoms with Crippen molar-refractivity contribution in [2.24, 2.45) is 10.8 Å². The highest BCUT2D eigenvalue weighted by atomic mass is 14.4. The predicted molar refractivity (Wildman–Crippen MR) is 61.9 cm³/mol. The zero-order valence-electron chi connectivity index (χ0n) is 10.3. The first-order valence-corrected chi connectivity index (χ1v) is 5.37. The molecule has 1 unspecified atom stereocenters. The van der Waals surface area contributed by atoms with Gasteiger partial charge in [0.1, 0.15) is 0 Å². The zero-order chi connectivity index (χ0) is 10.7. The Kier molecular flexibility index (Phi) is 4.22. The van der Waals surface area contributed by atoms with Crippen molar-refractivity contribution in [1.29, 1.82) is 0 Å². The topological polar surface area (TPSA) is 0 Å². The Bertz CT molecular complexity index is 171. The minimum atomic E-state index is 0.377. The lowest BCUT2D eigenvalue weighted by Gasteiger charge is -2.42. The third kappa shape index (κ3) is 3.54. The largest absolute Gasteiger partial charge is 0.100 e. The summed E-state index contributed by atoms with van der Waals surface area (Å²) in [7, 11) is 0. The summed E-state index contributed by atoms with van der Waals surface area (Å²) in [4.78, 5) is 0. The zero-order valence-corrected chi connectivity index (χ0v) is 10.3. The van der Waals surface area contributed by atoms with E-state index in [2.05, 4.69) is 48.1 Å². The molecule has 0 bridgehead atoms. The van der Waals surface area contributed by atoms with Crippen LogP contribution in [-0.2, 0) is 0 Å². The third-order valence-corrected chi connectivity index (χ3v) is 3.30. The Morgan fingerprint density at radius 3 is 1.85 bits per heavy atom. The van der Waals surface area contributed by atoms with Crippen molar-refractivity contribution in [3.8, 4) is 0 Å². The molecule has 0 aliphatic rings. The summed E-state index contributed by atoms with van der Waals surface area (Å²) in [6.45, 7) is 17.9. The van der Waals surface area contributed by atoms with Gasteiger partial charge in [-0.25, -0.2) is 0 Å². The van der Waals surface area contributed by atoms with Crippen LogP contribution < -0.4 is 0 Å². The van der Waals surface area contributed by atoms with Gasteiger partial charge in [-0.3, -0.25) is 0 Å². The molecule has 78 valence electrons. The Morgan fingerprint density at radius 1 is 1.15 bits per heavy atom. The molecule has 0 aliphatic heterocycles. The molecular formula is C13H26. The number of rotatable bonds is 4. The molecule has 0 aliphatic carbocycles. The van der Waals surface area contributed by atoms with Gasteiger partial charge in [0.15, 0.2) is 0 Å². The second-order valence-electron chi connectivity index (χ2n) is 5.69. The van der Waals surface area contributed by atoms with Crippen LogP contribution in [0.1, 0.15) is 60.8 Å². The second kappa shape index (κ2) is 4.30. The fourth-order valence-electron chi connectivity index (χ4n) is 1.95. The molecule has 0 aromatic heterocycles. The summed E-state index contributed by atoms with van der Waals surface area (Å²) in [6.07, 6.45) is 3.72. The molecule has 0 radical (unpaired) electrons. The fraction of sp³-hybridized carbons (Fsp3) is 0.846. The summed E-state index contributed by atoms with van der Waals surface area (Å²) in [5, 5.41) is 0. The van der Waals surface area contributed by atoms with Crippen molar-refractivity contribution in [2.45, 2.75) is 60.8 Å². The van der Waals surface area contributed by atoms with Crippen molar-refractivity contribution in [1.82, 2.24) is 0 Å². The summed E-state index contributed by atoms with van der Waals surface area (Å²) >= 11 is 0. The van der Waals surface area contributed by atoms with Crippen LogP contribution in [0.15, 0.2) is 12.2 Å². The number of allylic oxidation sites excluding steroid dienone is 1. The molecule has 0 saturated carbocycles. The van der Waals surface area contributed by atoms with Crippen molar-refractivity contribution >= 4 is 0 Å². The predicted octanol–water partition coefficient (Wildman–Crippen LogP) is 4.81. The monoisotopic (exact) mass is 182 g/mol. The molecule has 0 saturated heterocycles. The third-order valence-electron chi connectivity index (χ3n) is 3.30. The fourth-order valence-corrected chi connectivity index (χ4v) is 1.95. The molecule has 0 aromatic rings. The molecule has 0 rings (SSSR count). The first-order valence-electron chi connectivity index (χ1n) is 5.37. The standard InChI is InChI=1S/C13H26/c1-8-9-13(7,10-11(2)3)12(4,5)6/h2,8-10H2,1,3-7H3. The van der Waals surface area contributed by atoms with E-state index >= 15 is 0 Å². The van der Waals surface area contributed by atoms with Gasteiger partial charge in [-0.15, -0.1) is 6.58 Å². The Hall–Kier alpha value is -0.260. The highest BCUT2D eigenvalue weighted by molar-refractivity contribution is 4.99. The van der Waals surface area contributed by atoms with Crippen LogP contribution in [0.5, 0.6) is 0 Å². The Labute approximate surface area is 84.4 Å². The minimum absolute atomic E-state index is 0.377. The maximum Gasteiger partial charge on any atom is -0.0240 e. The van der Waals surface area contributed by atoms with Crippen LogP contribution in [0.2, 0.25) is 0 Å². The molecule has 0 spiro atoms. The first kappa shape index (κ1) is 12.7. The van der Waals surface area contributed by atoms with Crippen LogP contribution in [0.3, 0.4) is 0 Å². The van der Waals surface area contributed by atoms with Crippen LogP contribution in [0.4, 0.5) is 0 Å². The molecule has 0 fully saturated rings. The van der Waals surface area contributed by atoms with Gasteiger partial charge in [0.05, 0.1) is 0 Å². The van der Waals surface area contributed by atoms with Crippen LogP contribution >= 0.6 is 0 Å². The van der Waals surface area contributed by atoms with E-state index < -0.39 is 0 Å². The molecule has 0 heterocycles. The van der Waals surface area contributed by atoms with Gasteiger partial charge in [0.2, 0.25) is 0 Å². The van der Waals surface area contributed by atoms with Crippen molar-refractivity contribution in [3.05, 3.63) is 12.2 Å². The smallest absolute Gasteiger partial charge is 0.0240 e. The quantitative estimate of drug-likeness (QED) is 0.548. The normalized spacial score (nSPS) is 16.8. The average Bonchev–Trinajstić information content (AvgIpc) is 1.82. The lowest BCUT2D eigenvalue weighted by atomic mass is 9.63. The number of hydrogen-bond acceptors (Lipinski definition) is 0. The highest BCUT2D eigenvalue weighted by Crippen LogP contribution is 2.46. The van der Waals surface area contributed by atoms with Gasteiger partial charge in [0.25, 0.3) is 0 Å². The van der Waals surface area contributed by atoms with Crippen LogP contribution in [-0.4, -0.2) is 0 Å². The van der Waals surface area contributed by atoms with Crippen molar-refractivity contribution in [2.75, 3.05) is 0 Å². The summed E-state index contributed by atoms with van der Waals surface area (Å²) in [5.41, 5.74) is 2.10. The second-order valence-corrected chi connectivity index (χ2v) is 5.69. The van der Waals surface area contributed by atoms with Crippen LogP contribution in [0.25, 0.3) is 0 Å². The lowest BCUT2D eigenvalue weighted by molar-refractivity contribution is 0.0953. The van der Waals surface area contributed by atoms with E-state index in [1.165, 1.54) is 18.4 Å². The maximum atomic E-state index is 4.04. The van der Waals surface area contributed by atoms with Crippen molar-refractivity contribution in [3.63, 3.8) is 0 Å². The average molecular weight is 182 g/mol. The summed E-state index contributed by atoms with van der Waals surface area (Å²) < 4.78 is 0. The minimum Gasteiger partial charge on any atom is -0.100 e. The van der Waals surface area contributed by atoms with E-state index in [4.69, 9.17) is 0 Å². The molecule has 0 nitrogen and oxygen atoms in total. The number of hydrogen-bond donors (Lipinski definition) is 0. The van der Waals surface area contributed by atoms with Crippen molar-refractivity contribution < 1.29 is 0 Å². The SMILES string of the molecule is C=C(C)CC(C)(CCC)C(C)(C)C. The van der Waals surface area contributed by atoms with E-state index in [0.29, 0.717) is 10.8 Å². The van der Waals surface area contributed by atoms with E-state index in [1.807, 2.05) is 0 Å². The van der Waals surface area contributed by atoms with Gasteiger partial charge in [-0.2, -0.15) is 0 Å². The van der Waals surface area contributed by atoms with Gasteiger partial charge >= 0.3 is 0 Å². The molecule has 0 heteroatoms. The van der Waals surface area contributed by atoms with E-state index in [-0.39, 0.29) is 0 Å². The lowest BCUT2D eigenvalue weighted by Crippen LogP contribution is -2.32. The molecule has 13 heavy (non-hydrogen) atoms. The van der Waals surface area contributed by atoms with E-state index in [0.717, 1.165) is 6.42 Å². The molecule has 0 N–H and O–H groups in total. The molecule has 0 aromatic carbocycles. The summed E-state index contributed by atoms with van der Waals surface area (Å²) in [6, 6.07) is 0. The molecule has 0 amide bonds. The maximum absolute atomic E-state index is 4.04.